The maximum Gasteiger partial charge on any atom is 0.416 e. The first-order valence-corrected chi connectivity index (χ1v) is 11.3. The van der Waals surface area contributed by atoms with Crippen molar-refractivity contribution in [2.75, 3.05) is 19.6 Å². The standard InChI is InChI=1S/C22H23ClF3N3OS/c23-17-5-6-18-20(11-17)31-21(27)29(18)12-14-7-9-28(10-8-14)13-19(30)15-1-3-16(4-2-15)22(24,25)26/h1-6,11,14,19,27,30H,7-10,12-13H2/t19-/m1/s1. The Morgan fingerprint density at radius 1 is 1.13 bits per heavy atom. The van der Waals surface area contributed by atoms with Crippen LogP contribution < -0.4 is 4.80 Å². The van der Waals surface area contributed by atoms with Gasteiger partial charge in [-0.3, -0.25) is 5.41 Å². The molecule has 2 N–H and O–H groups in total. The number of benzene rings is 2. The number of fused-ring (bicyclic) bond motifs is 1. The third kappa shape index (κ3) is 5.14. The minimum Gasteiger partial charge on any atom is -0.387 e. The summed E-state index contributed by atoms with van der Waals surface area (Å²) in [6, 6.07) is 10.4. The Hall–Kier alpha value is -1.87. The number of alkyl halides is 3. The summed E-state index contributed by atoms with van der Waals surface area (Å²) in [5.41, 5.74) is 0.811. The summed E-state index contributed by atoms with van der Waals surface area (Å²) >= 11 is 7.48. The number of piperidine rings is 1. The van der Waals surface area contributed by atoms with E-state index >= 15 is 0 Å². The monoisotopic (exact) mass is 469 g/mol. The molecule has 2 heterocycles. The van der Waals surface area contributed by atoms with E-state index in [4.69, 9.17) is 17.0 Å². The number of hydrogen-bond acceptors (Lipinski definition) is 4. The number of likely N-dealkylation sites (tertiary alicyclic amines) is 1. The van der Waals surface area contributed by atoms with E-state index in [2.05, 4.69) is 4.90 Å². The van der Waals surface area contributed by atoms with Crippen molar-refractivity contribution in [3.63, 3.8) is 0 Å². The second-order valence-electron chi connectivity index (χ2n) is 8.01. The molecule has 1 saturated heterocycles. The molecule has 2 aromatic carbocycles. The van der Waals surface area contributed by atoms with E-state index in [1.165, 1.54) is 23.5 Å². The molecule has 3 aromatic rings. The lowest BCUT2D eigenvalue weighted by molar-refractivity contribution is -0.137. The topological polar surface area (TPSA) is 52.2 Å². The average Bonchev–Trinajstić information content (AvgIpc) is 3.03. The van der Waals surface area contributed by atoms with Crippen LogP contribution in [0, 0.1) is 11.3 Å². The van der Waals surface area contributed by atoms with Crippen LogP contribution in [-0.2, 0) is 12.7 Å². The molecule has 1 atom stereocenters. The first-order valence-electron chi connectivity index (χ1n) is 10.1. The predicted octanol–water partition coefficient (Wildman–Crippen LogP) is 5.30. The van der Waals surface area contributed by atoms with Crippen LogP contribution in [0.15, 0.2) is 42.5 Å². The van der Waals surface area contributed by atoms with Crippen molar-refractivity contribution in [3.8, 4) is 0 Å². The zero-order valence-electron chi connectivity index (χ0n) is 16.7. The number of nitrogens with zero attached hydrogens (tertiary/aromatic N) is 2. The first-order chi connectivity index (χ1) is 14.7. The summed E-state index contributed by atoms with van der Waals surface area (Å²) in [6.45, 7) is 2.79. The quantitative estimate of drug-likeness (QED) is 0.532. The van der Waals surface area contributed by atoms with Crippen LogP contribution in [0.5, 0.6) is 0 Å². The van der Waals surface area contributed by atoms with Gasteiger partial charge in [-0.05, 0) is 67.7 Å². The molecule has 166 valence electrons. The van der Waals surface area contributed by atoms with Gasteiger partial charge in [0.1, 0.15) is 0 Å². The third-order valence-corrected chi connectivity index (χ3v) is 7.06. The second kappa shape index (κ2) is 8.94. The summed E-state index contributed by atoms with van der Waals surface area (Å²) < 4.78 is 41.2. The maximum atomic E-state index is 12.7. The van der Waals surface area contributed by atoms with Gasteiger partial charge in [0.2, 0.25) is 0 Å². The number of aromatic nitrogens is 1. The van der Waals surface area contributed by atoms with Crippen molar-refractivity contribution in [1.29, 1.82) is 5.41 Å². The third-order valence-electron chi connectivity index (χ3n) is 5.87. The number of rotatable bonds is 5. The van der Waals surface area contributed by atoms with Gasteiger partial charge in [0.15, 0.2) is 4.80 Å². The first kappa shape index (κ1) is 22.3. The molecule has 0 unspecified atom stereocenters. The molecule has 0 saturated carbocycles. The predicted molar refractivity (Wildman–Crippen MR) is 116 cm³/mol. The van der Waals surface area contributed by atoms with E-state index in [9.17, 15) is 18.3 Å². The van der Waals surface area contributed by atoms with E-state index in [-0.39, 0.29) is 0 Å². The van der Waals surface area contributed by atoms with Crippen LogP contribution in [0.2, 0.25) is 5.02 Å². The minimum atomic E-state index is -4.37. The van der Waals surface area contributed by atoms with Gasteiger partial charge in [-0.1, -0.05) is 35.1 Å². The highest BCUT2D eigenvalue weighted by Crippen LogP contribution is 2.30. The zero-order chi connectivity index (χ0) is 22.2. The number of halogens is 4. The van der Waals surface area contributed by atoms with Gasteiger partial charge in [-0.2, -0.15) is 13.2 Å². The number of hydrogen-bond donors (Lipinski definition) is 2. The van der Waals surface area contributed by atoms with Crippen LogP contribution in [0.1, 0.15) is 30.1 Å². The summed E-state index contributed by atoms with van der Waals surface area (Å²) in [6.07, 6.45) is -3.31. The fraction of sp³-hybridized carbons (Fsp3) is 0.409. The van der Waals surface area contributed by atoms with Crippen molar-refractivity contribution < 1.29 is 18.3 Å². The SMILES string of the molecule is N=c1sc2cc(Cl)ccc2n1CC1CCN(C[C@@H](O)c2ccc(C(F)(F)F)cc2)CC1. The summed E-state index contributed by atoms with van der Waals surface area (Å²) in [5.74, 6) is 0.432. The van der Waals surface area contributed by atoms with E-state index in [1.807, 2.05) is 22.8 Å². The van der Waals surface area contributed by atoms with Gasteiger partial charge in [0, 0.05) is 18.1 Å². The van der Waals surface area contributed by atoms with Gasteiger partial charge < -0.3 is 14.6 Å². The molecule has 31 heavy (non-hydrogen) atoms. The van der Waals surface area contributed by atoms with Crippen molar-refractivity contribution in [2.45, 2.75) is 31.7 Å². The van der Waals surface area contributed by atoms with Crippen molar-refractivity contribution in [1.82, 2.24) is 9.47 Å². The largest absolute Gasteiger partial charge is 0.416 e. The van der Waals surface area contributed by atoms with Crippen molar-refractivity contribution >= 4 is 33.2 Å². The van der Waals surface area contributed by atoms with E-state index in [0.717, 1.165) is 54.8 Å². The number of aliphatic hydroxyl groups is 1. The lowest BCUT2D eigenvalue weighted by Crippen LogP contribution is -2.38. The Bertz CT molecular complexity index is 1100. The lowest BCUT2D eigenvalue weighted by Gasteiger charge is -2.33. The molecule has 1 aliphatic heterocycles. The number of aliphatic hydroxyl groups excluding tert-OH is 1. The van der Waals surface area contributed by atoms with Crippen molar-refractivity contribution in [3.05, 3.63) is 63.4 Å². The highest BCUT2D eigenvalue weighted by molar-refractivity contribution is 7.16. The van der Waals surface area contributed by atoms with E-state index in [0.29, 0.717) is 27.9 Å². The van der Waals surface area contributed by atoms with Gasteiger partial charge in [0.05, 0.1) is 21.9 Å². The Morgan fingerprint density at radius 3 is 2.45 bits per heavy atom. The van der Waals surface area contributed by atoms with Gasteiger partial charge in [-0.25, -0.2) is 0 Å². The molecular weight excluding hydrogens is 447 g/mol. The Kier molecular flexibility index (Phi) is 6.44. The second-order valence-corrected chi connectivity index (χ2v) is 9.48. The highest BCUT2D eigenvalue weighted by Gasteiger charge is 2.30. The fourth-order valence-corrected chi connectivity index (χ4v) is 5.29. The Labute approximate surface area is 187 Å². The molecule has 1 aliphatic rings. The summed E-state index contributed by atoms with van der Waals surface area (Å²) in [4.78, 5) is 2.66. The van der Waals surface area contributed by atoms with E-state index in [1.54, 1.807) is 0 Å². The van der Waals surface area contributed by atoms with Gasteiger partial charge in [-0.15, -0.1) is 0 Å². The van der Waals surface area contributed by atoms with Gasteiger partial charge >= 0.3 is 6.18 Å². The number of nitrogens with one attached hydrogen (secondary N) is 1. The van der Waals surface area contributed by atoms with E-state index < -0.39 is 17.8 Å². The summed E-state index contributed by atoms with van der Waals surface area (Å²) in [5, 5.41) is 19.4. The molecule has 0 radical (unpaired) electrons. The average molecular weight is 470 g/mol. The Morgan fingerprint density at radius 2 is 1.81 bits per heavy atom. The van der Waals surface area contributed by atoms with Crippen LogP contribution in [-0.4, -0.2) is 34.2 Å². The fourth-order valence-electron chi connectivity index (χ4n) is 4.10. The molecule has 0 spiro atoms. The molecule has 4 nitrogen and oxygen atoms in total. The zero-order valence-corrected chi connectivity index (χ0v) is 18.3. The maximum absolute atomic E-state index is 12.7. The number of thiazole rings is 1. The molecule has 1 aromatic heterocycles. The molecule has 0 amide bonds. The molecule has 0 bridgehead atoms. The van der Waals surface area contributed by atoms with Crippen LogP contribution >= 0.6 is 22.9 Å². The van der Waals surface area contributed by atoms with Gasteiger partial charge in [0.25, 0.3) is 0 Å². The lowest BCUT2D eigenvalue weighted by atomic mass is 9.96. The van der Waals surface area contributed by atoms with Crippen LogP contribution in [0.25, 0.3) is 10.2 Å². The molecule has 4 rings (SSSR count). The molecule has 1 fully saturated rings. The molecular formula is C22H23ClF3N3OS. The van der Waals surface area contributed by atoms with Crippen molar-refractivity contribution in [2.24, 2.45) is 5.92 Å². The summed E-state index contributed by atoms with van der Waals surface area (Å²) in [7, 11) is 0. The smallest absolute Gasteiger partial charge is 0.387 e. The highest BCUT2D eigenvalue weighted by atomic mass is 35.5. The van der Waals surface area contributed by atoms with Crippen LogP contribution in [0.4, 0.5) is 13.2 Å². The normalized spacial score (nSPS) is 17.3. The van der Waals surface area contributed by atoms with Crippen LogP contribution in [0.3, 0.4) is 0 Å². The minimum absolute atomic E-state index is 0.398. The molecule has 0 aliphatic carbocycles. The molecule has 9 heteroatoms. The number of β-amino-alcohol motifs (C(OH)–C–C–N with tert-alkyl or cyclic N) is 1. The Balaban J connectivity index is 1.33.